The minimum absolute atomic E-state index is 0.145. The molecular weight excluding hydrogens is 262 g/mol. The second-order valence-corrected chi connectivity index (χ2v) is 7.05. The van der Waals surface area contributed by atoms with Gasteiger partial charge in [0.25, 0.3) is 0 Å². The van der Waals surface area contributed by atoms with Gasteiger partial charge in [0.05, 0.1) is 4.90 Å². The van der Waals surface area contributed by atoms with E-state index < -0.39 is 10.0 Å². The van der Waals surface area contributed by atoms with Gasteiger partial charge in [0, 0.05) is 12.2 Å². The molecule has 0 unspecified atom stereocenters. The Balaban J connectivity index is 1.96. The lowest BCUT2D eigenvalue weighted by Gasteiger charge is -2.34. The Morgan fingerprint density at radius 3 is 2.37 bits per heavy atom. The fourth-order valence-electron chi connectivity index (χ4n) is 2.29. The number of hydrogen-bond donors (Lipinski definition) is 3. The predicted octanol–water partition coefficient (Wildman–Crippen LogP) is 1.14. The van der Waals surface area contributed by atoms with E-state index in [1.54, 1.807) is 12.1 Å². The number of hydrogen-bond acceptors (Lipinski definition) is 4. The van der Waals surface area contributed by atoms with Crippen LogP contribution in [0, 0.1) is 5.41 Å². The molecule has 19 heavy (non-hydrogen) atoms. The number of anilines is 1. The minimum Gasteiger partial charge on any atom is -0.384 e. The van der Waals surface area contributed by atoms with Crippen molar-refractivity contribution in [2.75, 3.05) is 25.0 Å². The van der Waals surface area contributed by atoms with Crippen LogP contribution in [0.1, 0.15) is 19.8 Å². The maximum atomic E-state index is 11.2. The zero-order chi connectivity index (χ0) is 13.9. The van der Waals surface area contributed by atoms with Gasteiger partial charge in [-0.3, -0.25) is 0 Å². The Kier molecular flexibility index (Phi) is 4.13. The lowest BCUT2D eigenvalue weighted by Crippen LogP contribution is -2.39. The first-order valence-electron chi connectivity index (χ1n) is 6.47. The largest absolute Gasteiger partial charge is 0.384 e. The quantitative estimate of drug-likeness (QED) is 0.773. The van der Waals surface area contributed by atoms with Gasteiger partial charge in [-0.05, 0) is 55.6 Å². The molecule has 1 aromatic carbocycles. The summed E-state index contributed by atoms with van der Waals surface area (Å²) in [4.78, 5) is 0.145. The molecule has 1 aliphatic rings. The van der Waals surface area contributed by atoms with Gasteiger partial charge < -0.3 is 10.6 Å². The van der Waals surface area contributed by atoms with Gasteiger partial charge in [-0.2, -0.15) is 0 Å². The van der Waals surface area contributed by atoms with Crippen molar-refractivity contribution in [3.8, 4) is 0 Å². The molecule has 0 amide bonds. The summed E-state index contributed by atoms with van der Waals surface area (Å²) in [7, 11) is -3.60. The number of rotatable bonds is 4. The monoisotopic (exact) mass is 283 g/mol. The van der Waals surface area contributed by atoms with Gasteiger partial charge in [-0.15, -0.1) is 0 Å². The summed E-state index contributed by atoms with van der Waals surface area (Å²) in [5, 5.41) is 11.8. The van der Waals surface area contributed by atoms with Crippen molar-refractivity contribution in [2.24, 2.45) is 10.6 Å². The summed E-state index contributed by atoms with van der Waals surface area (Å²) < 4.78 is 22.3. The summed E-state index contributed by atoms with van der Waals surface area (Å²) in [5.41, 5.74) is 1.22. The highest BCUT2D eigenvalue weighted by Gasteiger charge is 2.26. The zero-order valence-corrected chi connectivity index (χ0v) is 12.0. The first-order valence-corrected chi connectivity index (χ1v) is 8.01. The lowest BCUT2D eigenvalue weighted by molar-refractivity contribution is 0.247. The number of nitrogens with one attached hydrogen (secondary N) is 2. The molecular formula is C13H21N3O2S. The van der Waals surface area contributed by atoms with Crippen molar-refractivity contribution < 1.29 is 8.42 Å². The first-order chi connectivity index (χ1) is 8.89. The molecule has 0 atom stereocenters. The van der Waals surface area contributed by atoms with Crippen molar-refractivity contribution in [1.29, 1.82) is 0 Å². The van der Waals surface area contributed by atoms with Crippen LogP contribution in [0.4, 0.5) is 5.69 Å². The minimum atomic E-state index is -3.60. The molecule has 106 valence electrons. The molecule has 1 aliphatic heterocycles. The summed E-state index contributed by atoms with van der Waals surface area (Å²) in [6, 6.07) is 6.57. The highest BCUT2D eigenvalue weighted by atomic mass is 32.2. The second kappa shape index (κ2) is 5.48. The van der Waals surface area contributed by atoms with Crippen molar-refractivity contribution in [3.63, 3.8) is 0 Å². The third-order valence-corrected chi connectivity index (χ3v) is 4.64. The molecule has 2 rings (SSSR count). The Labute approximate surface area is 114 Å². The van der Waals surface area contributed by atoms with Crippen molar-refractivity contribution in [3.05, 3.63) is 24.3 Å². The van der Waals surface area contributed by atoms with Crippen LogP contribution in [0.15, 0.2) is 29.2 Å². The highest BCUT2D eigenvalue weighted by Crippen LogP contribution is 2.28. The average molecular weight is 283 g/mol. The smallest absolute Gasteiger partial charge is 0.238 e. The van der Waals surface area contributed by atoms with E-state index in [4.69, 9.17) is 5.14 Å². The third-order valence-electron chi connectivity index (χ3n) is 3.71. The van der Waals surface area contributed by atoms with Crippen LogP contribution in [0.2, 0.25) is 0 Å². The van der Waals surface area contributed by atoms with Crippen molar-refractivity contribution in [2.45, 2.75) is 24.7 Å². The molecule has 5 nitrogen and oxygen atoms in total. The molecule has 1 saturated heterocycles. The van der Waals surface area contributed by atoms with Crippen LogP contribution in [-0.2, 0) is 10.0 Å². The summed E-state index contributed by atoms with van der Waals surface area (Å²) in [5.74, 6) is 0. The van der Waals surface area contributed by atoms with E-state index in [0.29, 0.717) is 5.41 Å². The summed E-state index contributed by atoms with van der Waals surface area (Å²) in [6.45, 7) is 5.29. The topological polar surface area (TPSA) is 84.2 Å². The molecule has 6 heteroatoms. The molecule has 1 fully saturated rings. The zero-order valence-electron chi connectivity index (χ0n) is 11.1. The Morgan fingerprint density at radius 2 is 1.84 bits per heavy atom. The molecule has 4 N–H and O–H groups in total. The standard InChI is InChI=1S/C13H21N3O2S/c1-13(6-8-15-9-7-13)10-16-11-2-4-12(5-3-11)19(14,17)18/h2-5,15-16H,6-10H2,1H3,(H2,14,17,18). The van der Waals surface area contributed by atoms with Gasteiger partial charge in [-0.25, -0.2) is 13.6 Å². The number of benzene rings is 1. The molecule has 0 aromatic heterocycles. The van der Waals surface area contributed by atoms with Gasteiger partial charge in [0.2, 0.25) is 10.0 Å². The van der Waals surface area contributed by atoms with Gasteiger partial charge >= 0.3 is 0 Å². The van der Waals surface area contributed by atoms with Crippen LogP contribution in [0.5, 0.6) is 0 Å². The average Bonchev–Trinajstić information content (AvgIpc) is 2.37. The van der Waals surface area contributed by atoms with Gasteiger partial charge in [-0.1, -0.05) is 6.92 Å². The van der Waals surface area contributed by atoms with Crippen molar-refractivity contribution >= 4 is 15.7 Å². The van der Waals surface area contributed by atoms with Gasteiger partial charge in [0.1, 0.15) is 0 Å². The van der Waals surface area contributed by atoms with Gasteiger partial charge in [0.15, 0.2) is 0 Å². The van der Waals surface area contributed by atoms with Crippen LogP contribution < -0.4 is 15.8 Å². The lowest BCUT2D eigenvalue weighted by atomic mass is 9.81. The first kappa shape index (κ1) is 14.3. The van der Waals surface area contributed by atoms with Crippen LogP contribution in [0.25, 0.3) is 0 Å². The van der Waals surface area contributed by atoms with E-state index >= 15 is 0 Å². The SMILES string of the molecule is CC1(CNc2ccc(S(N)(=O)=O)cc2)CCNCC1. The molecule has 0 radical (unpaired) electrons. The molecule has 0 saturated carbocycles. The van der Waals surface area contributed by atoms with E-state index in [9.17, 15) is 8.42 Å². The molecule has 1 aromatic rings. The van der Waals surface area contributed by atoms with Crippen LogP contribution in [0.3, 0.4) is 0 Å². The molecule has 1 heterocycles. The van der Waals surface area contributed by atoms with E-state index in [2.05, 4.69) is 17.6 Å². The fourth-order valence-corrected chi connectivity index (χ4v) is 2.80. The maximum Gasteiger partial charge on any atom is 0.238 e. The summed E-state index contributed by atoms with van der Waals surface area (Å²) in [6.07, 6.45) is 2.30. The van der Waals surface area contributed by atoms with E-state index in [1.807, 2.05) is 0 Å². The Morgan fingerprint density at radius 1 is 1.26 bits per heavy atom. The fraction of sp³-hybridized carbons (Fsp3) is 0.538. The Hall–Kier alpha value is -1.11. The predicted molar refractivity (Wildman–Crippen MR) is 76.5 cm³/mol. The number of sulfonamides is 1. The van der Waals surface area contributed by atoms with E-state index in [1.165, 1.54) is 12.1 Å². The van der Waals surface area contributed by atoms with Crippen LogP contribution >= 0.6 is 0 Å². The third kappa shape index (κ3) is 3.92. The van der Waals surface area contributed by atoms with Crippen molar-refractivity contribution in [1.82, 2.24) is 5.32 Å². The number of primary sulfonamides is 1. The van der Waals surface area contributed by atoms with E-state index in [-0.39, 0.29) is 4.90 Å². The van der Waals surface area contributed by atoms with E-state index in [0.717, 1.165) is 38.2 Å². The van der Waals surface area contributed by atoms with Crippen LogP contribution in [-0.4, -0.2) is 28.1 Å². The normalized spacial score (nSPS) is 19.1. The maximum absolute atomic E-state index is 11.2. The second-order valence-electron chi connectivity index (χ2n) is 5.48. The highest BCUT2D eigenvalue weighted by molar-refractivity contribution is 7.89. The molecule has 0 aliphatic carbocycles. The molecule has 0 bridgehead atoms. The number of piperidine rings is 1. The number of nitrogens with two attached hydrogens (primary N) is 1. The molecule has 0 spiro atoms. The summed E-state index contributed by atoms with van der Waals surface area (Å²) >= 11 is 0. The Bertz CT molecular complexity index is 519.